The molecule has 0 aromatic carbocycles. The zero-order valence-electron chi connectivity index (χ0n) is 13.4. The number of hydrogen-bond donors (Lipinski definition) is 0. The van der Waals surface area contributed by atoms with Gasteiger partial charge in [-0.05, 0) is 6.04 Å². The first kappa shape index (κ1) is 19.7. The molecule has 1 atom stereocenters. The summed E-state index contributed by atoms with van der Waals surface area (Å²) >= 11 is 0. The predicted octanol–water partition coefficient (Wildman–Crippen LogP) is 2.31. The van der Waals surface area contributed by atoms with E-state index in [1.807, 2.05) is 18.2 Å². The van der Waals surface area contributed by atoms with Gasteiger partial charge < -0.3 is 14.2 Å². The molecule has 0 amide bonds. The van der Waals surface area contributed by atoms with Crippen LogP contribution in [-0.2, 0) is 14.2 Å². The van der Waals surface area contributed by atoms with Gasteiger partial charge in [-0.2, -0.15) is 0 Å². The Hall–Kier alpha value is -0.253. The van der Waals surface area contributed by atoms with Gasteiger partial charge in [0.2, 0.25) is 0 Å². The highest BCUT2D eigenvalue weighted by Gasteiger charge is 2.62. The van der Waals surface area contributed by atoms with Crippen LogP contribution in [0.25, 0.3) is 0 Å². The monoisotopic (exact) mass is 317 g/mol. The van der Waals surface area contributed by atoms with Crippen molar-refractivity contribution in [1.29, 1.82) is 0 Å². The predicted molar refractivity (Wildman–Crippen MR) is 94.4 cm³/mol. The summed E-state index contributed by atoms with van der Waals surface area (Å²) in [5.41, 5.74) is -0.722. The first-order chi connectivity index (χ1) is 9.57. The quantitative estimate of drug-likeness (QED) is 0.239. The third kappa shape index (κ3) is 3.69. The van der Waals surface area contributed by atoms with Crippen LogP contribution in [0.1, 0.15) is 0 Å². The summed E-state index contributed by atoms with van der Waals surface area (Å²) in [4.78, 5) is 0. The highest BCUT2D eigenvalue weighted by Crippen LogP contribution is 2.71. The van der Waals surface area contributed by atoms with Gasteiger partial charge in [0.15, 0.2) is 0 Å². The Balaban J connectivity index is 6.00. The molecule has 0 aliphatic heterocycles. The summed E-state index contributed by atoms with van der Waals surface area (Å²) in [6.45, 7) is 11.8. The molecule has 0 rings (SSSR count). The van der Waals surface area contributed by atoms with E-state index in [0.717, 1.165) is 34.8 Å². The van der Waals surface area contributed by atoms with Crippen molar-refractivity contribution < 1.29 is 14.2 Å². The maximum atomic E-state index is 5.94. The zero-order chi connectivity index (χ0) is 15.6. The molecule has 0 aromatic rings. The zero-order valence-corrected chi connectivity index (χ0v) is 16.3. The number of methoxy groups -OCH3 is 3. The van der Waals surface area contributed by atoms with Gasteiger partial charge in [0.1, 0.15) is 6.10 Å². The van der Waals surface area contributed by atoms with Gasteiger partial charge >= 0.3 is 5.53 Å². The lowest BCUT2D eigenvalue weighted by Crippen LogP contribution is -2.50. The highest BCUT2D eigenvalue weighted by atomic mass is 31.2. The van der Waals surface area contributed by atoms with Crippen LogP contribution in [0.15, 0.2) is 38.0 Å². The van der Waals surface area contributed by atoms with Crippen LogP contribution in [0, 0.1) is 0 Å². The van der Waals surface area contributed by atoms with Crippen molar-refractivity contribution in [2.24, 2.45) is 0 Å². The molecule has 0 fully saturated rings. The molecule has 116 valence electrons. The van der Waals surface area contributed by atoms with Gasteiger partial charge in [-0.3, -0.25) is 0 Å². The van der Waals surface area contributed by atoms with Gasteiger partial charge in [-0.1, -0.05) is 38.0 Å². The minimum Gasteiger partial charge on any atom is -0.372 e. The fourth-order valence-electron chi connectivity index (χ4n) is 2.96. The molecule has 3 nitrogen and oxygen atoms in total. The average Bonchev–Trinajstić information content (AvgIpc) is 2.45. The third-order valence-corrected chi connectivity index (χ3v) is 9.33. The molecule has 20 heavy (non-hydrogen) atoms. The smallest absolute Gasteiger partial charge is 0.310 e. The molecule has 5 heteroatoms. The molecule has 0 bridgehead atoms. The minimum absolute atomic E-state index is 0.0719. The van der Waals surface area contributed by atoms with Crippen LogP contribution in [0.3, 0.4) is 0 Å². The third-order valence-electron chi connectivity index (χ3n) is 3.74. The van der Waals surface area contributed by atoms with Gasteiger partial charge in [0.05, 0.1) is 25.7 Å². The largest absolute Gasteiger partial charge is 0.372 e. The fourth-order valence-corrected chi connectivity index (χ4v) is 8.54. The van der Waals surface area contributed by atoms with Crippen LogP contribution >= 0.6 is 7.26 Å². The van der Waals surface area contributed by atoms with Crippen molar-refractivity contribution in [2.75, 3.05) is 39.8 Å². The van der Waals surface area contributed by atoms with Crippen molar-refractivity contribution >= 4 is 17.5 Å². The SMILES string of the molecule is C=CC[P+](CC=C)(CC=C)C(OC)(OC)C(C[SiH3])OC. The van der Waals surface area contributed by atoms with Crippen LogP contribution in [0.4, 0.5) is 0 Å². The Kier molecular flexibility index (Phi) is 9.52. The summed E-state index contributed by atoms with van der Waals surface area (Å²) in [7, 11) is 4.43. The van der Waals surface area contributed by atoms with Crippen molar-refractivity contribution in [3.63, 3.8) is 0 Å². The maximum Gasteiger partial charge on any atom is 0.310 e. The molecule has 0 radical (unpaired) electrons. The standard InChI is InChI=1S/C15H30O3PSi/c1-7-10-19(11-8-2,12-9-3)15(17-5,18-6)14(13-20)16-4/h7-9,14H,1-3,10-13H2,4-6,20H3/q+1. The van der Waals surface area contributed by atoms with E-state index in [-0.39, 0.29) is 6.10 Å². The maximum absolute atomic E-state index is 5.94. The molecule has 0 aliphatic carbocycles. The number of rotatable bonds is 12. The molecular formula is C15H30O3PSi+. The molecule has 0 saturated carbocycles. The Morgan fingerprint density at radius 3 is 1.60 bits per heavy atom. The van der Waals surface area contributed by atoms with Gasteiger partial charge in [-0.15, -0.1) is 0 Å². The van der Waals surface area contributed by atoms with Crippen molar-refractivity contribution in [3.8, 4) is 0 Å². The molecule has 0 spiro atoms. The molecule has 0 N–H and O–H groups in total. The second-order valence-corrected chi connectivity index (χ2v) is 9.56. The van der Waals surface area contributed by atoms with E-state index < -0.39 is 12.8 Å². The molecule has 0 heterocycles. The highest BCUT2D eigenvalue weighted by molar-refractivity contribution is 7.77. The topological polar surface area (TPSA) is 27.7 Å². The molecular weight excluding hydrogens is 287 g/mol. The van der Waals surface area contributed by atoms with Crippen molar-refractivity contribution in [1.82, 2.24) is 0 Å². The fraction of sp³-hybridized carbons (Fsp3) is 0.600. The van der Waals surface area contributed by atoms with Crippen LogP contribution in [0.2, 0.25) is 6.04 Å². The minimum atomic E-state index is -1.73. The molecule has 0 saturated heterocycles. The summed E-state index contributed by atoms with van der Waals surface area (Å²) in [5, 5.41) is 0. The van der Waals surface area contributed by atoms with Crippen LogP contribution in [0.5, 0.6) is 0 Å². The first-order valence-electron chi connectivity index (χ1n) is 6.89. The second kappa shape index (κ2) is 9.64. The van der Waals surface area contributed by atoms with Crippen LogP contribution in [-0.4, -0.2) is 61.7 Å². The summed E-state index contributed by atoms with van der Waals surface area (Å²) in [6, 6.07) is 0.950. The van der Waals surface area contributed by atoms with E-state index in [9.17, 15) is 0 Å². The number of allylic oxidation sites excluding steroid dienone is 3. The Bertz CT molecular complexity index is 286. The van der Waals surface area contributed by atoms with Gasteiger partial charge in [-0.25, -0.2) is 0 Å². The van der Waals surface area contributed by atoms with Crippen molar-refractivity contribution in [2.45, 2.75) is 17.7 Å². The molecule has 1 unspecified atom stereocenters. The lowest BCUT2D eigenvalue weighted by atomic mass is 10.4. The van der Waals surface area contributed by atoms with E-state index in [2.05, 4.69) is 19.7 Å². The van der Waals surface area contributed by atoms with Crippen LogP contribution < -0.4 is 0 Å². The van der Waals surface area contributed by atoms with E-state index in [1.54, 1.807) is 21.3 Å². The lowest BCUT2D eigenvalue weighted by Gasteiger charge is -2.44. The summed E-state index contributed by atoms with van der Waals surface area (Å²) < 4.78 is 17.6. The number of hydrogen-bond acceptors (Lipinski definition) is 3. The molecule has 0 aliphatic rings. The second-order valence-electron chi connectivity index (χ2n) is 4.73. The summed E-state index contributed by atoms with van der Waals surface area (Å²) in [5.74, 6) is 0. The molecule has 0 aromatic heterocycles. The van der Waals surface area contributed by atoms with Gasteiger partial charge in [0.25, 0.3) is 0 Å². The van der Waals surface area contributed by atoms with Crippen molar-refractivity contribution in [3.05, 3.63) is 38.0 Å². The van der Waals surface area contributed by atoms with E-state index in [1.165, 1.54) is 0 Å². The summed E-state index contributed by atoms with van der Waals surface area (Å²) in [6.07, 6.45) is 8.35. The Labute approximate surface area is 127 Å². The van der Waals surface area contributed by atoms with E-state index >= 15 is 0 Å². The Morgan fingerprint density at radius 2 is 1.40 bits per heavy atom. The number of ether oxygens (including phenoxy) is 3. The van der Waals surface area contributed by atoms with Gasteiger partial charge in [0, 0.05) is 31.6 Å². The lowest BCUT2D eigenvalue weighted by molar-refractivity contribution is -0.202. The average molecular weight is 317 g/mol. The Morgan fingerprint density at radius 1 is 1.00 bits per heavy atom. The van der Waals surface area contributed by atoms with E-state index in [4.69, 9.17) is 14.2 Å². The van der Waals surface area contributed by atoms with E-state index in [0.29, 0.717) is 0 Å². The first-order valence-corrected chi connectivity index (χ1v) is 10.7. The normalized spacial score (nSPS) is 13.9.